The summed E-state index contributed by atoms with van der Waals surface area (Å²) < 4.78 is 6.42. The number of nitrogens with zero attached hydrogens (tertiary/aromatic N) is 4. The van der Waals surface area contributed by atoms with Gasteiger partial charge in [-0.1, -0.05) is 6.07 Å². The molecule has 1 aromatic carbocycles. The highest BCUT2D eigenvalue weighted by Crippen LogP contribution is 2.30. The van der Waals surface area contributed by atoms with Crippen LogP contribution in [0.2, 0.25) is 0 Å². The van der Waals surface area contributed by atoms with Gasteiger partial charge in [-0.05, 0) is 29.8 Å². The lowest BCUT2D eigenvalue weighted by atomic mass is 10.2. The van der Waals surface area contributed by atoms with E-state index < -0.39 is 0 Å². The molecule has 2 N–H and O–H groups in total. The van der Waals surface area contributed by atoms with Gasteiger partial charge in [0.05, 0.1) is 22.7 Å². The normalized spacial score (nSPS) is 9.52. The summed E-state index contributed by atoms with van der Waals surface area (Å²) in [6, 6.07) is 9.66. The lowest BCUT2D eigenvalue weighted by Crippen LogP contribution is -1.85. The van der Waals surface area contributed by atoms with Gasteiger partial charge in [-0.15, -0.1) is 11.3 Å². The lowest BCUT2D eigenvalue weighted by Gasteiger charge is -1.90. The molecule has 3 rings (SSSR count). The van der Waals surface area contributed by atoms with Crippen LogP contribution in [-0.2, 0) is 0 Å². The van der Waals surface area contributed by atoms with Crippen LogP contribution in [0, 0.1) is 23.7 Å². The molecule has 7 heteroatoms. The molecule has 0 unspecified atom stereocenters. The largest absolute Gasteiger partial charge is 0.462 e. The zero-order valence-electron chi connectivity index (χ0n) is 10.9. The second-order valence-corrected chi connectivity index (χ2v) is 4.53. The van der Waals surface area contributed by atoms with Crippen molar-refractivity contribution in [3.05, 3.63) is 42.2 Å². The molecule has 6 nitrogen and oxygen atoms in total. The van der Waals surface area contributed by atoms with Gasteiger partial charge < -0.3 is 10.3 Å². The van der Waals surface area contributed by atoms with Crippen LogP contribution >= 0.6 is 11.3 Å². The molecular weight excluding hydrogens is 286 g/mol. The Morgan fingerprint density at radius 3 is 2.62 bits per heavy atom. The number of hydrogen-bond donors (Lipinski definition) is 1. The zero-order chi connectivity index (χ0) is 15.7. The van der Waals surface area contributed by atoms with Crippen LogP contribution in [-0.4, -0.2) is 11.2 Å². The Morgan fingerprint density at radius 1 is 1.24 bits per heavy atom. The van der Waals surface area contributed by atoms with Crippen LogP contribution in [0.25, 0.3) is 21.0 Å². The first-order valence-electron chi connectivity index (χ1n) is 5.56. The van der Waals surface area contributed by atoms with Crippen molar-refractivity contribution in [2.45, 2.75) is 0 Å². The summed E-state index contributed by atoms with van der Waals surface area (Å²) in [5, 5.41) is 17.4. The van der Waals surface area contributed by atoms with Crippen LogP contribution in [0.1, 0.15) is 5.56 Å². The fourth-order valence-electron chi connectivity index (χ4n) is 1.61. The van der Waals surface area contributed by atoms with E-state index in [1.165, 1.54) is 0 Å². The highest BCUT2D eigenvalue weighted by molar-refractivity contribution is 7.21. The van der Waals surface area contributed by atoms with E-state index in [2.05, 4.69) is 23.2 Å². The minimum atomic E-state index is 0.792. The Balaban J connectivity index is 0.000000510. The van der Waals surface area contributed by atoms with Crippen LogP contribution < -0.4 is 5.84 Å². The van der Waals surface area contributed by atoms with Gasteiger partial charge in [0.25, 0.3) is 0 Å². The van der Waals surface area contributed by atoms with Crippen LogP contribution in [0.3, 0.4) is 0 Å². The highest BCUT2D eigenvalue weighted by Gasteiger charge is 2.08. The third-order valence-corrected chi connectivity index (χ3v) is 3.40. The monoisotopic (exact) mass is 297 g/mol. The molecule has 0 radical (unpaired) electrons. The first-order chi connectivity index (χ1) is 10.4. The third-order valence-electron chi connectivity index (χ3n) is 2.37. The van der Waals surface area contributed by atoms with E-state index in [-0.39, 0.29) is 0 Å². The molecule has 0 saturated carbocycles. The molecule has 3 aromatic rings. The van der Waals surface area contributed by atoms with Gasteiger partial charge in [0, 0.05) is 13.1 Å². The molecule has 0 fully saturated rings. The van der Waals surface area contributed by atoms with Crippen LogP contribution in [0.4, 0.5) is 0 Å². The maximum absolute atomic E-state index is 6.50. The summed E-state index contributed by atoms with van der Waals surface area (Å²) in [6.07, 6.45) is 3.26. The van der Waals surface area contributed by atoms with E-state index >= 15 is 0 Å². The molecule has 0 spiro atoms. The summed E-state index contributed by atoms with van der Waals surface area (Å²) >= 11 is 1.59. The molecule has 21 heavy (non-hydrogen) atoms. The topological polar surface area (TPSA) is 112 Å². The lowest BCUT2D eigenvalue weighted by molar-refractivity contribution is 0.582. The number of nitriles is 2. The Hall–Kier alpha value is -3.16. The van der Waals surface area contributed by atoms with Gasteiger partial charge >= 0.3 is 0 Å². The first kappa shape index (κ1) is 15.9. The molecule has 2 heterocycles. The summed E-state index contributed by atoms with van der Waals surface area (Å²) in [7, 11) is 0. The van der Waals surface area contributed by atoms with Crippen molar-refractivity contribution >= 4 is 27.8 Å². The number of hydrazone groups is 1. The average molecular weight is 297 g/mol. The van der Waals surface area contributed by atoms with Gasteiger partial charge in [-0.3, -0.25) is 0 Å². The van der Waals surface area contributed by atoms with Crippen molar-refractivity contribution in [3.8, 4) is 23.9 Å². The van der Waals surface area contributed by atoms with Crippen molar-refractivity contribution in [3.63, 3.8) is 0 Å². The number of aromatic nitrogens is 1. The van der Waals surface area contributed by atoms with Crippen LogP contribution in [0.5, 0.6) is 0 Å². The van der Waals surface area contributed by atoms with Crippen molar-refractivity contribution in [1.29, 1.82) is 10.5 Å². The summed E-state index contributed by atoms with van der Waals surface area (Å²) in [6.45, 7) is 7.00. The Kier molecular flexibility index (Phi) is 6.13. The predicted molar refractivity (Wildman–Crippen MR) is 82.4 cm³/mol. The number of thiazole rings is 1. The number of hydrogen-bond acceptors (Lipinski definition) is 7. The molecule has 0 aliphatic carbocycles. The standard InChI is InChI=1S/C12H9N3OS.2CHN/c13-14-7-8-3-4-9-11(6-8)17-12(15-9)10-2-1-5-16-10;2*1-2/h1-7H,13H2;2*1H. The van der Waals surface area contributed by atoms with E-state index in [0.29, 0.717) is 0 Å². The second kappa shape index (κ2) is 8.10. The van der Waals surface area contributed by atoms with E-state index in [9.17, 15) is 0 Å². The minimum Gasteiger partial charge on any atom is -0.462 e. The fourth-order valence-corrected chi connectivity index (χ4v) is 2.60. The number of fused-ring (bicyclic) bond motifs is 1. The quantitative estimate of drug-likeness (QED) is 0.443. The van der Waals surface area contributed by atoms with Gasteiger partial charge in [0.15, 0.2) is 10.8 Å². The average Bonchev–Trinajstić information content (AvgIpc) is 3.20. The Labute approximate surface area is 125 Å². The van der Waals surface area contributed by atoms with Crippen LogP contribution in [0.15, 0.2) is 46.1 Å². The smallest absolute Gasteiger partial charge is 0.162 e. The van der Waals surface area contributed by atoms with E-state index in [1.807, 2.05) is 30.3 Å². The summed E-state index contributed by atoms with van der Waals surface area (Å²) in [4.78, 5) is 4.51. The molecule has 2 aromatic heterocycles. The molecule has 0 atom stereocenters. The molecule has 0 bridgehead atoms. The fraction of sp³-hybridized carbons (Fsp3) is 0. The summed E-state index contributed by atoms with van der Waals surface area (Å²) in [5.41, 5.74) is 1.92. The van der Waals surface area contributed by atoms with Crippen molar-refractivity contribution in [2.24, 2.45) is 10.9 Å². The van der Waals surface area contributed by atoms with E-state index in [4.69, 9.17) is 20.8 Å². The van der Waals surface area contributed by atoms with E-state index in [1.54, 1.807) is 23.8 Å². The van der Waals surface area contributed by atoms with Gasteiger partial charge in [-0.25, -0.2) is 15.5 Å². The number of benzene rings is 1. The molecule has 104 valence electrons. The van der Waals surface area contributed by atoms with Gasteiger partial charge in [0.2, 0.25) is 0 Å². The molecular formula is C14H11N5OS. The number of rotatable bonds is 2. The minimum absolute atomic E-state index is 0.792. The second-order valence-electron chi connectivity index (χ2n) is 3.50. The number of nitrogens with two attached hydrogens (primary N) is 1. The SMILES string of the molecule is C#N.C#N.NN=Cc1ccc2nc(-c3ccco3)sc2c1. The van der Waals surface area contributed by atoms with Crippen molar-refractivity contribution < 1.29 is 4.42 Å². The third kappa shape index (κ3) is 3.66. The predicted octanol–water partition coefficient (Wildman–Crippen LogP) is 3.13. The summed E-state index contributed by atoms with van der Waals surface area (Å²) in [5.74, 6) is 5.92. The molecule has 0 aliphatic rings. The Morgan fingerprint density at radius 2 is 2.00 bits per heavy atom. The molecule has 0 amide bonds. The first-order valence-corrected chi connectivity index (χ1v) is 6.38. The molecule has 0 saturated heterocycles. The Bertz CT molecular complexity index is 749. The zero-order valence-corrected chi connectivity index (χ0v) is 11.7. The van der Waals surface area contributed by atoms with Gasteiger partial charge in [0.1, 0.15) is 0 Å². The maximum Gasteiger partial charge on any atom is 0.162 e. The molecule has 0 aliphatic heterocycles. The maximum atomic E-state index is 6.50. The number of furan rings is 1. The van der Waals surface area contributed by atoms with Crippen molar-refractivity contribution in [2.75, 3.05) is 0 Å². The van der Waals surface area contributed by atoms with E-state index in [0.717, 1.165) is 26.5 Å². The van der Waals surface area contributed by atoms with Crippen molar-refractivity contribution in [1.82, 2.24) is 4.98 Å². The van der Waals surface area contributed by atoms with Gasteiger partial charge in [-0.2, -0.15) is 5.10 Å². The highest BCUT2D eigenvalue weighted by atomic mass is 32.1.